The summed E-state index contributed by atoms with van der Waals surface area (Å²) in [5, 5.41) is 0. The molecule has 2 nitrogen and oxygen atoms in total. The van der Waals surface area contributed by atoms with Gasteiger partial charge in [0.15, 0.2) is 5.78 Å². The standard InChI is InChI=1S/C12H13BrO2/c1-15-10-3-5-12(14)11-4-2-9(13)6-8(11)7-10/h2,4,6,10H,3,5,7H2,1H3. The third-order valence-corrected chi connectivity index (χ3v) is 3.34. The van der Waals surface area contributed by atoms with E-state index < -0.39 is 0 Å². The van der Waals surface area contributed by atoms with Gasteiger partial charge in [-0.15, -0.1) is 0 Å². The van der Waals surface area contributed by atoms with Crippen LogP contribution in [0, 0.1) is 0 Å². The fourth-order valence-corrected chi connectivity index (χ4v) is 2.39. The highest BCUT2D eigenvalue weighted by molar-refractivity contribution is 9.10. The lowest BCUT2D eigenvalue weighted by Crippen LogP contribution is -2.12. The number of fused-ring (bicyclic) bond motifs is 1. The van der Waals surface area contributed by atoms with E-state index in [4.69, 9.17) is 4.74 Å². The molecule has 0 saturated heterocycles. The number of ether oxygens (including phenoxy) is 1. The Hall–Kier alpha value is -0.670. The number of methoxy groups -OCH3 is 1. The molecule has 0 N–H and O–H groups in total. The number of benzene rings is 1. The topological polar surface area (TPSA) is 26.3 Å². The molecule has 2 rings (SSSR count). The third kappa shape index (κ3) is 2.29. The number of hydrogen-bond acceptors (Lipinski definition) is 2. The van der Waals surface area contributed by atoms with Crippen molar-refractivity contribution >= 4 is 21.7 Å². The molecule has 0 radical (unpaired) electrons. The lowest BCUT2D eigenvalue weighted by atomic mass is 10.0. The highest BCUT2D eigenvalue weighted by Gasteiger charge is 2.21. The van der Waals surface area contributed by atoms with Gasteiger partial charge in [-0.3, -0.25) is 4.79 Å². The fraction of sp³-hybridized carbons (Fsp3) is 0.417. The van der Waals surface area contributed by atoms with E-state index in [1.807, 2.05) is 18.2 Å². The zero-order valence-corrected chi connectivity index (χ0v) is 10.2. The maximum atomic E-state index is 11.8. The molecule has 1 aliphatic carbocycles. The molecule has 0 aromatic heterocycles. The fourth-order valence-electron chi connectivity index (χ4n) is 1.98. The van der Waals surface area contributed by atoms with E-state index in [0.717, 1.165) is 28.4 Å². The Bertz CT molecular complexity index is 387. The second-order valence-electron chi connectivity index (χ2n) is 3.83. The van der Waals surface area contributed by atoms with Crippen LogP contribution >= 0.6 is 15.9 Å². The van der Waals surface area contributed by atoms with Gasteiger partial charge in [0, 0.05) is 23.6 Å². The average molecular weight is 269 g/mol. The molecule has 0 fully saturated rings. The first kappa shape index (κ1) is 10.8. The number of ketones is 1. The lowest BCUT2D eigenvalue weighted by Gasteiger charge is -2.11. The summed E-state index contributed by atoms with van der Waals surface area (Å²) < 4.78 is 6.37. The first-order valence-corrected chi connectivity index (χ1v) is 5.84. The normalized spacial score (nSPS) is 20.9. The number of carbonyl (C=O) groups excluding carboxylic acids is 1. The predicted octanol–water partition coefficient (Wildman–Crippen LogP) is 2.98. The van der Waals surface area contributed by atoms with Crippen molar-refractivity contribution in [1.82, 2.24) is 0 Å². The number of Topliss-reactive ketones (excluding diaryl/α,β-unsaturated/α-hetero) is 1. The van der Waals surface area contributed by atoms with E-state index >= 15 is 0 Å². The highest BCUT2D eigenvalue weighted by atomic mass is 79.9. The summed E-state index contributed by atoms with van der Waals surface area (Å²) in [5.74, 6) is 0.233. The van der Waals surface area contributed by atoms with Gasteiger partial charge in [0.1, 0.15) is 0 Å². The summed E-state index contributed by atoms with van der Waals surface area (Å²) in [4.78, 5) is 11.8. The molecule has 1 aliphatic rings. The second-order valence-corrected chi connectivity index (χ2v) is 4.74. The van der Waals surface area contributed by atoms with Gasteiger partial charge in [-0.2, -0.15) is 0 Å². The minimum absolute atomic E-state index is 0.171. The first-order chi connectivity index (χ1) is 7.20. The zero-order chi connectivity index (χ0) is 10.8. The van der Waals surface area contributed by atoms with Gasteiger partial charge in [-0.1, -0.05) is 22.0 Å². The van der Waals surface area contributed by atoms with Crippen molar-refractivity contribution in [3.05, 3.63) is 33.8 Å². The maximum Gasteiger partial charge on any atom is 0.163 e. The van der Waals surface area contributed by atoms with Gasteiger partial charge >= 0.3 is 0 Å². The van der Waals surface area contributed by atoms with E-state index in [0.29, 0.717) is 6.42 Å². The van der Waals surface area contributed by atoms with Gasteiger partial charge in [-0.05, 0) is 30.5 Å². The Kier molecular flexibility index (Phi) is 3.22. The van der Waals surface area contributed by atoms with Crippen LogP contribution in [0.1, 0.15) is 28.8 Å². The van der Waals surface area contributed by atoms with Crippen LogP contribution in [-0.4, -0.2) is 19.0 Å². The van der Waals surface area contributed by atoms with Crippen LogP contribution in [0.25, 0.3) is 0 Å². The van der Waals surface area contributed by atoms with E-state index in [1.165, 1.54) is 0 Å². The smallest absolute Gasteiger partial charge is 0.163 e. The number of hydrogen-bond donors (Lipinski definition) is 0. The van der Waals surface area contributed by atoms with Gasteiger partial charge < -0.3 is 4.74 Å². The predicted molar refractivity (Wildman–Crippen MR) is 62.2 cm³/mol. The van der Waals surface area contributed by atoms with Crippen LogP contribution in [0.3, 0.4) is 0 Å². The Balaban J connectivity index is 2.40. The zero-order valence-electron chi connectivity index (χ0n) is 8.63. The van der Waals surface area contributed by atoms with Gasteiger partial charge in [0.05, 0.1) is 6.10 Å². The molecular weight excluding hydrogens is 256 g/mol. The van der Waals surface area contributed by atoms with Crippen molar-refractivity contribution in [3.63, 3.8) is 0 Å². The van der Waals surface area contributed by atoms with E-state index in [-0.39, 0.29) is 11.9 Å². The molecule has 1 unspecified atom stereocenters. The minimum Gasteiger partial charge on any atom is -0.381 e. The van der Waals surface area contributed by atoms with Crippen molar-refractivity contribution in [2.75, 3.05) is 7.11 Å². The van der Waals surface area contributed by atoms with Crippen molar-refractivity contribution in [2.45, 2.75) is 25.4 Å². The molecule has 0 spiro atoms. The van der Waals surface area contributed by atoms with Gasteiger partial charge in [0.25, 0.3) is 0 Å². The quantitative estimate of drug-likeness (QED) is 0.732. The molecule has 0 aliphatic heterocycles. The van der Waals surface area contributed by atoms with E-state index in [9.17, 15) is 4.79 Å². The molecule has 0 bridgehead atoms. The average Bonchev–Trinajstić information content (AvgIpc) is 2.38. The summed E-state index contributed by atoms with van der Waals surface area (Å²) in [5.41, 5.74) is 1.96. The Morgan fingerprint density at radius 3 is 3.00 bits per heavy atom. The first-order valence-electron chi connectivity index (χ1n) is 5.05. The SMILES string of the molecule is COC1CCC(=O)c2ccc(Br)cc2C1. The summed E-state index contributed by atoms with van der Waals surface area (Å²) >= 11 is 3.43. The molecule has 0 heterocycles. The van der Waals surface area contributed by atoms with E-state index in [1.54, 1.807) is 7.11 Å². The van der Waals surface area contributed by atoms with E-state index in [2.05, 4.69) is 15.9 Å². The van der Waals surface area contributed by atoms with Crippen molar-refractivity contribution in [1.29, 1.82) is 0 Å². The largest absolute Gasteiger partial charge is 0.381 e. The Labute approximate surface area is 97.8 Å². The van der Waals surface area contributed by atoms with Crippen LogP contribution < -0.4 is 0 Å². The molecule has 1 atom stereocenters. The third-order valence-electron chi connectivity index (χ3n) is 2.84. The summed E-state index contributed by atoms with van der Waals surface area (Å²) in [6.07, 6.45) is 2.41. The van der Waals surface area contributed by atoms with Crippen LogP contribution in [0.15, 0.2) is 22.7 Å². The van der Waals surface area contributed by atoms with Gasteiger partial charge in [-0.25, -0.2) is 0 Å². The maximum absolute atomic E-state index is 11.8. The Morgan fingerprint density at radius 1 is 1.47 bits per heavy atom. The molecule has 0 saturated carbocycles. The monoisotopic (exact) mass is 268 g/mol. The van der Waals surface area contributed by atoms with Crippen molar-refractivity contribution in [2.24, 2.45) is 0 Å². The van der Waals surface area contributed by atoms with Crippen LogP contribution in [0.2, 0.25) is 0 Å². The lowest BCUT2D eigenvalue weighted by molar-refractivity contribution is 0.0852. The second kappa shape index (κ2) is 4.45. The van der Waals surface area contributed by atoms with Crippen LogP contribution in [0.5, 0.6) is 0 Å². The molecule has 15 heavy (non-hydrogen) atoms. The molecular formula is C12H13BrO2. The van der Waals surface area contributed by atoms with Crippen molar-refractivity contribution in [3.8, 4) is 0 Å². The molecule has 80 valence electrons. The highest BCUT2D eigenvalue weighted by Crippen LogP contribution is 2.25. The molecule has 1 aromatic carbocycles. The van der Waals surface area contributed by atoms with Crippen molar-refractivity contribution < 1.29 is 9.53 Å². The summed E-state index contributed by atoms with van der Waals surface area (Å²) in [6, 6.07) is 5.84. The number of halogens is 1. The molecule has 0 amide bonds. The number of rotatable bonds is 1. The summed E-state index contributed by atoms with van der Waals surface area (Å²) in [7, 11) is 1.71. The molecule has 3 heteroatoms. The Morgan fingerprint density at radius 2 is 2.27 bits per heavy atom. The number of carbonyl (C=O) groups is 1. The van der Waals surface area contributed by atoms with Crippen LogP contribution in [0.4, 0.5) is 0 Å². The van der Waals surface area contributed by atoms with Crippen LogP contribution in [-0.2, 0) is 11.2 Å². The minimum atomic E-state index is 0.171. The molecule has 1 aromatic rings. The summed E-state index contributed by atoms with van der Waals surface area (Å²) in [6.45, 7) is 0. The van der Waals surface area contributed by atoms with Gasteiger partial charge in [0.2, 0.25) is 0 Å².